The number of carbonyl (C=O) groups excluding carboxylic acids is 1. The van der Waals surface area contributed by atoms with Gasteiger partial charge in [0.2, 0.25) is 0 Å². The zero-order valence-corrected chi connectivity index (χ0v) is 12.9. The van der Waals surface area contributed by atoms with E-state index in [2.05, 4.69) is 11.2 Å². The molecule has 3 rings (SSSR count). The highest BCUT2D eigenvalue weighted by Gasteiger charge is 2.28. The zero-order valence-electron chi connectivity index (χ0n) is 12.1. The zero-order chi connectivity index (χ0) is 15.0. The summed E-state index contributed by atoms with van der Waals surface area (Å²) in [7, 11) is 1.77. The molecule has 2 heterocycles. The lowest BCUT2D eigenvalue weighted by Gasteiger charge is -2.25. The number of halogens is 1. The maximum absolute atomic E-state index is 12.6. The van der Waals surface area contributed by atoms with E-state index in [-0.39, 0.29) is 12.2 Å². The van der Waals surface area contributed by atoms with Gasteiger partial charge in [0.25, 0.3) is 0 Å². The van der Waals surface area contributed by atoms with Gasteiger partial charge in [-0.1, -0.05) is 35.9 Å². The average molecular weight is 305 g/mol. The van der Waals surface area contributed by atoms with Crippen molar-refractivity contribution in [3.05, 3.63) is 51.8 Å². The van der Waals surface area contributed by atoms with Gasteiger partial charge in [0.1, 0.15) is 11.3 Å². The van der Waals surface area contributed by atoms with Crippen LogP contribution < -0.4 is 0 Å². The van der Waals surface area contributed by atoms with Crippen molar-refractivity contribution in [3.63, 3.8) is 0 Å². The molecule has 0 saturated carbocycles. The van der Waals surface area contributed by atoms with Crippen molar-refractivity contribution < 1.29 is 9.53 Å². The number of ketones is 1. The molecule has 110 valence electrons. The SMILES string of the molecule is Cc1nn(C)c(Cl)c1CC(=O)C1OCCc2ccccc21. The van der Waals surface area contributed by atoms with Gasteiger partial charge in [-0.2, -0.15) is 5.10 Å². The van der Waals surface area contributed by atoms with E-state index in [0.29, 0.717) is 11.8 Å². The van der Waals surface area contributed by atoms with Gasteiger partial charge in [0.05, 0.1) is 12.3 Å². The van der Waals surface area contributed by atoms with Crippen LogP contribution in [0.4, 0.5) is 0 Å². The summed E-state index contributed by atoms with van der Waals surface area (Å²) in [6, 6.07) is 7.96. The fourth-order valence-electron chi connectivity index (χ4n) is 2.80. The van der Waals surface area contributed by atoms with Crippen molar-refractivity contribution in [1.29, 1.82) is 0 Å². The molecule has 0 aliphatic carbocycles. The molecule has 0 bridgehead atoms. The van der Waals surface area contributed by atoms with Crippen LogP contribution >= 0.6 is 11.6 Å². The third-order valence-corrected chi connectivity index (χ3v) is 4.38. The summed E-state index contributed by atoms with van der Waals surface area (Å²) in [6.45, 7) is 2.44. The van der Waals surface area contributed by atoms with E-state index >= 15 is 0 Å². The Kier molecular flexibility index (Phi) is 3.83. The van der Waals surface area contributed by atoms with Crippen molar-refractivity contribution >= 4 is 17.4 Å². The monoisotopic (exact) mass is 304 g/mol. The number of rotatable bonds is 3. The molecule has 4 nitrogen and oxygen atoms in total. The number of fused-ring (bicyclic) bond motifs is 1. The minimum Gasteiger partial charge on any atom is -0.365 e. The van der Waals surface area contributed by atoms with Gasteiger partial charge >= 0.3 is 0 Å². The van der Waals surface area contributed by atoms with Crippen LogP contribution in [0.2, 0.25) is 5.15 Å². The van der Waals surface area contributed by atoms with E-state index in [9.17, 15) is 4.79 Å². The smallest absolute Gasteiger partial charge is 0.170 e. The van der Waals surface area contributed by atoms with Crippen molar-refractivity contribution in [2.45, 2.75) is 25.9 Å². The fourth-order valence-corrected chi connectivity index (χ4v) is 3.04. The number of carbonyl (C=O) groups is 1. The number of Topliss-reactive ketones (excluding diaryl/α,β-unsaturated/α-hetero) is 1. The van der Waals surface area contributed by atoms with Crippen LogP contribution in [0.1, 0.15) is 28.5 Å². The van der Waals surface area contributed by atoms with Crippen molar-refractivity contribution in [1.82, 2.24) is 9.78 Å². The van der Waals surface area contributed by atoms with Gasteiger partial charge in [-0.3, -0.25) is 9.48 Å². The van der Waals surface area contributed by atoms with Crippen LogP contribution in [0.3, 0.4) is 0 Å². The number of aromatic nitrogens is 2. The molecule has 1 aliphatic heterocycles. The lowest BCUT2D eigenvalue weighted by atomic mass is 9.93. The van der Waals surface area contributed by atoms with Crippen LogP contribution in [0, 0.1) is 6.92 Å². The number of hydrogen-bond acceptors (Lipinski definition) is 3. The third kappa shape index (κ3) is 2.61. The summed E-state index contributed by atoms with van der Waals surface area (Å²) in [4.78, 5) is 12.6. The van der Waals surface area contributed by atoms with E-state index in [1.807, 2.05) is 25.1 Å². The summed E-state index contributed by atoms with van der Waals surface area (Å²) >= 11 is 6.20. The molecule has 0 N–H and O–H groups in total. The molecule has 0 radical (unpaired) electrons. The minimum absolute atomic E-state index is 0.0279. The average Bonchev–Trinajstić information content (AvgIpc) is 2.73. The number of benzene rings is 1. The molecular formula is C16H17ClN2O2. The molecule has 0 amide bonds. The highest BCUT2D eigenvalue weighted by molar-refractivity contribution is 6.30. The van der Waals surface area contributed by atoms with Gasteiger partial charge in [0.15, 0.2) is 5.78 Å². The molecule has 0 saturated heterocycles. The quantitative estimate of drug-likeness (QED) is 0.876. The summed E-state index contributed by atoms with van der Waals surface area (Å²) in [6.07, 6.45) is 0.607. The molecule has 2 aromatic rings. The Bertz CT molecular complexity index is 694. The summed E-state index contributed by atoms with van der Waals surface area (Å²) in [5.41, 5.74) is 3.75. The Hall–Kier alpha value is -1.65. The lowest BCUT2D eigenvalue weighted by molar-refractivity contribution is -0.131. The maximum Gasteiger partial charge on any atom is 0.170 e. The summed E-state index contributed by atoms with van der Waals surface area (Å²) < 4.78 is 7.30. The first kappa shape index (κ1) is 14.3. The van der Waals surface area contributed by atoms with Crippen LogP contribution in [0.5, 0.6) is 0 Å². The van der Waals surface area contributed by atoms with Crippen molar-refractivity contribution in [3.8, 4) is 0 Å². The fraction of sp³-hybridized carbons (Fsp3) is 0.375. The molecule has 1 aromatic heterocycles. The summed E-state index contributed by atoms with van der Waals surface area (Å²) in [5.74, 6) is 0.0279. The Labute approximate surface area is 128 Å². The standard InChI is InChI=1S/C16H17ClN2O2/c1-10-13(16(17)19(2)18-10)9-14(20)15-12-6-4-3-5-11(12)7-8-21-15/h3-6,15H,7-9H2,1-2H3. The molecule has 1 aliphatic rings. The van der Waals surface area contributed by atoms with Gasteiger partial charge in [0, 0.05) is 19.0 Å². The summed E-state index contributed by atoms with van der Waals surface area (Å²) in [5, 5.41) is 4.76. The molecule has 1 unspecified atom stereocenters. The van der Waals surface area contributed by atoms with Crippen molar-refractivity contribution in [2.75, 3.05) is 6.61 Å². The van der Waals surface area contributed by atoms with Crippen LogP contribution in [0.25, 0.3) is 0 Å². The largest absolute Gasteiger partial charge is 0.365 e. The second kappa shape index (κ2) is 5.62. The number of nitrogens with zero attached hydrogens (tertiary/aromatic N) is 2. The van der Waals surface area contributed by atoms with E-state index < -0.39 is 6.10 Å². The molecule has 1 aromatic carbocycles. The molecule has 5 heteroatoms. The second-order valence-electron chi connectivity index (χ2n) is 5.32. The Balaban J connectivity index is 1.87. The first-order valence-corrected chi connectivity index (χ1v) is 7.36. The predicted molar refractivity (Wildman–Crippen MR) is 80.5 cm³/mol. The normalized spacial score (nSPS) is 17.6. The number of aryl methyl sites for hydroxylation is 2. The molecule has 1 atom stereocenters. The second-order valence-corrected chi connectivity index (χ2v) is 5.68. The Morgan fingerprint density at radius 1 is 1.48 bits per heavy atom. The van der Waals surface area contributed by atoms with Crippen molar-refractivity contribution in [2.24, 2.45) is 7.05 Å². The molecular weight excluding hydrogens is 288 g/mol. The Morgan fingerprint density at radius 3 is 2.95 bits per heavy atom. The van der Waals surface area contributed by atoms with E-state index in [1.54, 1.807) is 11.7 Å². The maximum atomic E-state index is 12.6. The molecule has 0 spiro atoms. The molecule has 21 heavy (non-hydrogen) atoms. The van der Waals surface area contributed by atoms with Gasteiger partial charge in [-0.25, -0.2) is 0 Å². The topological polar surface area (TPSA) is 44.1 Å². The Morgan fingerprint density at radius 2 is 2.24 bits per heavy atom. The third-order valence-electron chi connectivity index (χ3n) is 3.91. The van der Waals surface area contributed by atoms with Gasteiger partial charge in [-0.15, -0.1) is 0 Å². The highest BCUT2D eigenvalue weighted by atomic mass is 35.5. The minimum atomic E-state index is -0.495. The number of ether oxygens (including phenoxy) is 1. The van der Waals surface area contributed by atoms with Crippen LogP contribution in [-0.4, -0.2) is 22.2 Å². The van der Waals surface area contributed by atoms with Gasteiger partial charge < -0.3 is 4.74 Å². The predicted octanol–water partition coefficient (Wildman–Crippen LogP) is 2.81. The first-order chi connectivity index (χ1) is 10.1. The van der Waals surface area contributed by atoms with E-state index in [1.165, 1.54) is 5.56 Å². The molecule has 0 fully saturated rings. The highest BCUT2D eigenvalue weighted by Crippen LogP contribution is 2.30. The van der Waals surface area contributed by atoms with E-state index in [0.717, 1.165) is 23.2 Å². The van der Waals surface area contributed by atoms with Crippen LogP contribution in [0.15, 0.2) is 24.3 Å². The number of hydrogen-bond donors (Lipinski definition) is 0. The van der Waals surface area contributed by atoms with Gasteiger partial charge in [-0.05, 0) is 24.5 Å². The lowest BCUT2D eigenvalue weighted by Crippen LogP contribution is -2.24. The van der Waals surface area contributed by atoms with Crippen LogP contribution in [-0.2, 0) is 29.4 Å². The first-order valence-electron chi connectivity index (χ1n) is 6.98. The van der Waals surface area contributed by atoms with E-state index in [4.69, 9.17) is 16.3 Å².